The molecule has 1 heterocycles. The van der Waals surface area contributed by atoms with Gasteiger partial charge in [-0.2, -0.15) is 0 Å². The van der Waals surface area contributed by atoms with Gasteiger partial charge in [-0.3, -0.25) is 4.99 Å². The monoisotopic (exact) mass is 278 g/mol. The molecule has 1 atom stereocenters. The minimum absolute atomic E-state index is 0.481. The summed E-state index contributed by atoms with van der Waals surface area (Å²) in [4.78, 5) is 14.9. The van der Waals surface area contributed by atoms with E-state index in [-0.39, 0.29) is 0 Å². The Balaban J connectivity index is 0.000000796. The second kappa shape index (κ2) is 9.45. The van der Waals surface area contributed by atoms with Gasteiger partial charge in [-0.05, 0) is 25.2 Å². The summed E-state index contributed by atoms with van der Waals surface area (Å²) >= 11 is 0. The largest absolute Gasteiger partial charge is 0.361 e. The molecule has 0 spiro atoms. The third-order valence-electron chi connectivity index (χ3n) is 2.51. The number of aryl methyl sites for hydroxylation is 1. The molecule has 1 unspecified atom stereocenters. The van der Waals surface area contributed by atoms with Crippen molar-refractivity contribution in [3.05, 3.63) is 12.0 Å². The molecule has 0 saturated heterocycles. The molecule has 1 rings (SSSR count). The Labute approximate surface area is 124 Å². The first-order chi connectivity index (χ1) is 9.29. The van der Waals surface area contributed by atoms with Crippen molar-refractivity contribution in [2.45, 2.75) is 48.0 Å². The molecule has 1 aromatic heterocycles. The van der Waals surface area contributed by atoms with Gasteiger partial charge < -0.3 is 4.90 Å². The number of hydrogen-bond acceptors (Lipinski definition) is 4. The van der Waals surface area contributed by atoms with Crippen LogP contribution in [0.1, 0.15) is 46.7 Å². The highest BCUT2D eigenvalue weighted by molar-refractivity contribution is 5.72. The van der Waals surface area contributed by atoms with E-state index in [1.807, 2.05) is 32.1 Å². The molecule has 0 radical (unpaired) electrons. The zero-order valence-electron chi connectivity index (χ0n) is 14.3. The summed E-state index contributed by atoms with van der Waals surface area (Å²) in [6.07, 6.45) is 4.64. The Morgan fingerprint density at radius 3 is 2.20 bits per heavy atom. The molecule has 0 aromatic carbocycles. The van der Waals surface area contributed by atoms with Gasteiger partial charge in [0.1, 0.15) is 12.0 Å². The maximum atomic E-state index is 4.51. The van der Waals surface area contributed by atoms with E-state index in [1.165, 1.54) is 0 Å². The molecule has 0 aliphatic carbocycles. The van der Waals surface area contributed by atoms with Crippen LogP contribution in [-0.2, 0) is 0 Å². The Hall–Kier alpha value is -1.45. The van der Waals surface area contributed by atoms with E-state index in [0.29, 0.717) is 5.92 Å². The normalized spacial score (nSPS) is 12.2. The van der Waals surface area contributed by atoms with Gasteiger partial charge in [-0.25, -0.2) is 9.97 Å². The SMILES string of the molecule is CC(C)C.CCC(C)C=Nc1c(C)ncnc1N(C)C. The van der Waals surface area contributed by atoms with Crippen LogP contribution in [0.2, 0.25) is 0 Å². The van der Waals surface area contributed by atoms with E-state index in [1.54, 1.807) is 6.33 Å². The van der Waals surface area contributed by atoms with Crippen molar-refractivity contribution in [2.75, 3.05) is 19.0 Å². The zero-order valence-corrected chi connectivity index (χ0v) is 14.3. The average molecular weight is 278 g/mol. The first-order valence-electron chi connectivity index (χ1n) is 7.32. The lowest BCUT2D eigenvalue weighted by atomic mass is 10.1. The summed E-state index contributed by atoms with van der Waals surface area (Å²) in [6.45, 7) is 12.8. The van der Waals surface area contributed by atoms with Crippen LogP contribution in [0.3, 0.4) is 0 Å². The van der Waals surface area contributed by atoms with Crippen molar-refractivity contribution in [1.82, 2.24) is 9.97 Å². The third kappa shape index (κ3) is 7.22. The molecule has 4 heteroatoms. The first-order valence-corrected chi connectivity index (χ1v) is 7.32. The molecule has 0 saturated carbocycles. The highest BCUT2D eigenvalue weighted by atomic mass is 15.2. The topological polar surface area (TPSA) is 41.4 Å². The van der Waals surface area contributed by atoms with Crippen molar-refractivity contribution in [3.63, 3.8) is 0 Å². The fraction of sp³-hybridized carbons (Fsp3) is 0.688. The van der Waals surface area contributed by atoms with Crippen LogP contribution in [0.4, 0.5) is 11.5 Å². The lowest BCUT2D eigenvalue weighted by Crippen LogP contribution is -2.11. The third-order valence-corrected chi connectivity index (χ3v) is 2.51. The maximum absolute atomic E-state index is 4.51. The molecule has 0 aliphatic rings. The van der Waals surface area contributed by atoms with Crippen LogP contribution in [-0.4, -0.2) is 30.3 Å². The predicted octanol–water partition coefficient (Wildman–Crippen LogP) is 4.26. The fourth-order valence-electron chi connectivity index (χ4n) is 1.24. The van der Waals surface area contributed by atoms with Crippen molar-refractivity contribution < 1.29 is 0 Å². The van der Waals surface area contributed by atoms with Crippen LogP contribution in [0.5, 0.6) is 0 Å². The van der Waals surface area contributed by atoms with Crippen LogP contribution >= 0.6 is 0 Å². The van der Waals surface area contributed by atoms with Crippen molar-refractivity contribution in [2.24, 2.45) is 16.8 Å². The van der Waals surface area contributed by atoms with Gasteiger partial charge >= 0.3 is 0 Å². The summed E-state index contributed by atoms with van der Waals surface area (Å²) in [5.74, 6) is 2.18. The van der Waals surface area contributed by atoms with Crippen molar-refractivity contribution in [3.8, 4) is 0 Å². The Kier molecular flexibility index (Phi) is 8.77. The highest BCUT2D eigenvalue weighted by Gasteiger charge is 2.08. The van der Waals surface area contributed by atoms with Gasteiger partial charge in [0.15, 0.2) is 5.82 Å². The quantitative estimate of drug-likeness (QED) is 0.773. The predicted molar refractivity (Wildman–Crippen MR) is 89.2 cm³/mol. The lowest BCUT2D eigenvalue weighted by Gasteiger charge is -2.14. The molecule has 114 valence electrons. The molecule has 1 aromatic rings. The van der Waals surface area contributed by atoms with Crippen LogP contribution in [0.15, 0.2) is 11.3 Å². The molecule has 0 amide bonds. The summed E-state index contributed by atoms with van der Waals surface area (Å²) in [5.41, 5.74) is 1.78. The van der Waals surface area contributed by atoms with E-state index in [0.717, 1.165) is 29.5 Å². The van der Waals surface area contributed by atoms with E-state index < -0.39 is 0 Å². The molecule has 0 aliphatic heterocycles. The lowest BCUT2D eigenvalue weighted by molar-refractivity contribution is 0.737. The number of aromatic nitrogens is 2. The summed E-state index contributed by atoms with van der Waals surface area (Å²) in [5, 5.41) is 0. The molecule has 4 nitrogen and oxygen atoms in total. The Morgan fingerprint density at radius 2 is 1.75 bits per heavy atom. The number of nitrogens with zero attached hydrogens (tertiary/aromatic N) is 4. The number of anilines is 1. The maximum Gasteiger partial charge on any atom is 0.157 e. The van der Waals surface area contributed by atoms with E-state index in [2.05, 4.69) is 49.6 Å². The second-order valence-corrected chi connectivity index (χ2v) is 5.92. The van der Waals surface area contributed by atoms with Crippen molar-refractivity contribution >= 4 is 17.7 Å². The molecule has 0 N–H and O–H groups in total. The van der Waals surface area contributed by atoms with Crippen LogP contribution < -0.4 is 4.90 Å². The number of hydrogen-bond donors (Lipinski definition) is 0. The van der Waals surface area contributed by atoms with Gasteiger partial charge in [0.25, 0.3) is 0 Å². The Bertz CT molecular complexity index is 408. The van der Waals surface area contributed by atoms with Gasteiger partial charge in [0, 0.05) is 20.3 Å². The zero-order chi connectivity index (χ0) is 15.7. The standard InChI is InChI=1S/C12H20N4.C4H10/c1-6-9(2)7-13-11-10(3)14-8-15-12(11)16(4)5;1-4(2)3/h7-9H,6H2,1-5H3;4H,1-3H3. The molecule has 20 heavy (non-hydrogen) atoms. The summed E-state index contributed by atoms with van der Waals surface area (Å²) < 4.78 is 0. The average Bonchev–Trinajstić information content (AvgIpc) is 2.35. The molecular formula is C16H30N4. The number of rotatable bonds is 4. The van der Waals surface area contributed by atoms with Crippen molar-refractivity contribution in [1.29, 1.82) is 0 Å². The molecule has 0 bridgehead atoms. The van der Waals surface area contributed by atoms with E-state index >= 15 is 0 Å². The highest BCUT2D eigenvalue weighted by Crippen LogP contribution is 2.26. The minimum atomic E-state index is 0.481. The number of aliphatic imine (C=N–C) groups is 1. The van der Waals surface area contributed by atoms with Gasteiger partial charge in [0.05, 0.1) is 5.69 Å². The fourth-order valence-corrected chi connectivity index (χ4v) is 1.24. The molecule has 0 fully saturated rings. The summed E-state index contributed by atoms with van der Waals surface area (Å²) in [7, 11) is 3.92. The first kappa shape index (κ1) is 18.6. The summed E-state index contributed by atoms with van der Waals surface area (Å²) in [6, 6.07) is 0. The van der Waals surface area contributed by atoms with E-state index in [4.69, 9.17) is 0 Å². The Morgan fingerprint density at radius 1 is 1.20 bits per heavy atom. The van der Waals surface area contributed by atoms with Crippen LogP contribution in [0.25, 0.3) is 0 Å². The second-order valence-electron chi connectivity index (χ2n) is 5.92. The van der Waals surface area contributed by atoms with Crippen LogP contribution in [0, 0.1) is 18.8 Å². The van der Waals surface area contributed by atoms with Gasteiger partial charge in [-0.1, -0.05) is 34.6 Å². The molecular weight excluding hydrogens is 248 g/mol. The van der Waals surface area contributed by atoms with Gasteiger partial charge in [-0.15, -0.1) is 0 Å². The van der Waals surface area contributed by atoms with E-state index in [9.17, 15) is 0 Å². The minimum Gasteiger partial charge on any atom is -0.361 e. The van der Waals surface area contributed by atoms with Gasteiger partial charge in [0.2, 0.25) is 0 Å². The smallest absolute Gasteiger partial charge is 0.157 e.